The minimum atomic E-state index is 0.157. The zero-order chi connectivity index (χ0) is 13.5. The highest BCUT2D eigenvalue weighted by atomic mass is 16.3. The van der Waals surface area contributed by atoms with Crippen LogP contribution < -0.4 is 5.32 Å². The molecule has 2 aromatic heterocycles. The van der Waals surface area contributed by atoms with Crippen molar-refractivity contribution in [1.82, 2.24) is 15.3 Å². The lowest BCUT2D eigenvalue weighted by Gasteiger charge is -2.19. The third-order valence-corrected chi connectivity index (χ3v) is 3.45. The van der Waals surface area contributed by atoms with Gasteiger partial charge in [-0.15, -0.1) is 0 Å². The standard InChI is InChI=1S/C15H21N3O/c1-15(2,3)16-8-6-13-17-11-4-5-12-10(7-9-19-12)14(11)18-13/h7,9,16H,4-6,8H2,1-3H3,(H,17,18). The quantitative estimate of drug-likeness (QED) is 0.891. The number of H-pyrrole nitrogens is 1. The fraction of sp³-hybridized carbons (Fsp3) is 0.533. The highest BCUT2D eigenvalue weighted by Gasteiger charge is 2.22. The maximum atomic E-state index is 5.48. The monoisotopic (exact) mass is 259 g/mol. The second-order valence-electron chi connectivity index (χ2n) is 6.19. The van der Waals surface area contributed by atoms with Gasteiger partial charge in [-0.3, -0.25) is 0 Å². The molecule has 4 heteroatoms. The first-order valence-corrected chi connectivity index (χ1v) is 6.92. The topological polar surface area (TPSA) is 53.9 Å². The van der Waals surface area contributed by atoms with Gasteiger partial charge >= 0.3 is 0 Å². The van der Waals surface area contributed by atoms with Crippen LogP contribution in [0.2, 0.25) is 0 Å². The first-order chi connectivity index (χ1) is 9.03. The molecule has 19 heavy (non-hydrogen) atoms. The summed E-state index contributed by atoms with van der Waals surface area (Å²) in [6.07, 6.45) is 4.65. The number of rotatable bonds is 3. The number of furan rings is 1. The summed E-state index contributed by atoms with van der Waals surface area (Å²) in [7, 11) is 0. The molecule has 0 saturated carbocycles. The normalized spacial score (nSPS) is 14.3. The molecule has 0 unspecified atom stereocenters. The van der Waals surface area contributed by atoms with Gasteiger partial charge in [0.25, 0.3) is 0 Å². The highest BCUT2D eigenvalue weighted by molar-refractivity contribution is 5.66. The summed E-state index contributed by atoms with van der Waals surface area (Å²) < 4.78 is 5.48. The molecule has 4 nitrogen and oxygen atoms in total. The van der Waals surface area contributed by atoms with E-state index in [-0.39, 0.29) is 5.54 Å². The maximum absolute atomic E-state index is 5.48. The van der Waals surface area contributed by atoms with E-state index in [2.05, 4.69) is 31.1 Å². The van der Waals surface area contributed by atoms with Crippen molar-refractivity contribution in [2.45, 2.75) is 45.6 Å². The Morgan fingerprint density at radius 3 is 3.00 bits per heavy atom. The van der Waals surface area contributed by atoms with Gasteiger partial charge in [0.05, 0.1) is 12.0 Å². The van der Waals surface area contributed by atoms with Crippen molar-refractivity contribution in [3.63, 3.8) is 0 Å². The Labute approximate surface area is 113 Å². The van der Waals surface area contributed by atoms with Crippen LogP contribution in [-0.2, 0) is 19.3 Å². The average molecular weight is 259 g/mol. The van der Waals surface area contributed by atoms with Gasteiger partial charge in [0.15, 0.2) is 0 Å². The van der Waals surface area contributed by atoms with Crippen LogP contribution >= 0.6 is 0 Å². The number of nitrogens with one attached hydrogen (secondary N) is 2. The fourth-order valence-corrected chi connectivity index (χ4v) is 2.53. The predicted octanol–water partition coefficient (Wildman–Crippen LogP) is 2.70. The smallest absolute Gasteiger partial charge is 0.113 e. The molecule has 0 amide bonds. The summed E-state index contributed by atoms with van der Waals surface area (Å²) in [6, 6.07) is 2.02. The summed E-state index contributed by atoms with van der Waals surface area (Å²) in [5, 5.41) is 3.49. The predicted molar refractivity (Wildman–Crippen MR) is 75.2 cm³/mol. The number of nitrogens with zero attached hydrogens (tertiary/aromatic N) is 1. The average Bonchev–Trinajstić information content (AvgIpc) is 2.90. The van der Waals surface area contributed by atoms with E-state index in [1.54, 1.807) is 6.26 Å². The summed E-state index contributed by atoms with van der Waals surface area (Å²) in [5.74, 6) is 2.13. The summed E-state index contributed by atoms with van der Waals surface area (Å²) in [6.45, 7) is 7.47. The van der Waals surface area contributed by atoms with Crippen LogP contribution in [0.25, 0.3) is 11.3 Å². The lowest BCUT2D eigenvalue weighted by Crippen LogP contribution is -2.37. The van der Waals surface area contributed by atoms with E-state index in [0.717, 1.165) is 48.6 Å². The van der Waals surface area contributed by atoms with E-state index >= 15 is 0 Å². The SMILES string of the molecule is CC(C)(C)NCCc1nc2c([nH]1)CCc1occc1-2. The van der Waals surface area contributed by atoms with Gasteiger partial charge in [-0.25, -0.2) is 4.98 Å². The molecule has 0 radical (unpaired) electrons. The van der Waals surface area contributed by atoms with Gasteiger partial charge in [-0.2, -0.15) is 0 Å². The molecule has 0 bridgehead atoms. The van der Waals surface area contributed by atoms with Gasteiger partial charge < -0.3 is 14.7 Å². The minimum absolute atomic E-state index is 0.157. The molecule has 102 valence electrons. The molecular weight excluding hydrogens is 238 g/mol. The van der Waals surface area contributed by atoms with Crippen molar-refractivity contribution < 1.29 is 4.42 Å². The molecule has 2 heterocycles. The van der Waals surface area contributed by atoms with Crippen molar-refractivity contribution in [2.75, 3.05) is 6.54 Å². The molecule has 0 fully saturated rings. The molecule has 0 saturated heterocycles. The summed E-state index contributed by atoms with van der Waals surface area (Å²) in [5.41, 5.74) is 3.65. The van der Waals surface area contributed by atoms with Crippen LogP contribution in [0.15, 0.2) is 16.7 Å². The minimum Gasteiger partial charge on any atom is -0.469 e. The Hall–Kier alpha value is -1.55. The Bertz CT molecular complexity index is 574. The number of fused-ring (bicyclic) bond motifs is 3. The van der Waals surface area contributed by atoms with Crippen LogP contribution in [0, 0.1) is 0 Å². The van der Waals surface area contributed by atoms with Crippen molar-refractivity contribution in [2.24, 2.45) is 0 Å². The maximum Gasteiger partial charge on any atom is 0.113 e. The van der Waals surface area contributed by atoms with E-state index in [1.807, 2.05) is 6.07 Å². The number of aromatic amines is 1. The lowest BCUT2D eigenvalue weighted by atomic mass is 10.00. The number of hydrogen-bond donors (Lipinski definition) is 2. The molecule has 0 spiro atoms. The van der Waals surface area contributed by atoms with E-state index < -0.39 is 0 Å². The lowest BCUT2D eigenvalue weighted by molar-refractivity contribution is 0.427. The molecular formula is C15H21N3O. The third kappa shape index (κ3) is 2.59. The molecule has 2 N–H and O–H groups in total. The van der Waals surface area contributed by atoms with Crippen molar-refractivity contribution in [1.29, 1.82) is 0 Å². The highest BCUT2D eigenvalue weighted by Crippen LogP contribution is 2.32. The molecule has 0 atom stereocenters. The van der Waals surface area contributed by atoms with E-state index in [4.69, 9.17) is 9.40 Å². The van der Waals surface area contributed by atoms with Crippen LogP contribution in [-0.4, -0.2) is 22.1 Å². The van der Waals surface area contributed by atoms with Crippen molar-refractivity contribution in [3.05, 3.63) is 29.6 Å². The number of hydrogen-bond acceptors (Lipinski definition) is 3. The van der Waals surface area contributed by atoms with Gasteiger partial charge in [0.2, 0.25) is 0 Å². The van der Waals surface area contributed by atoms with Crippen LogP contribution in [0.3, 0.4) is 0 Å². The van der Waals surface area contributed by atoms with Crippen LogP contribution in [0.4, 0.5) is 0 Å². The zero-order valence-electron chi connectivity index (χ0n) is 11.8. The Morgan fingerprint density at radius 2 is 2.21 bits per heavy atom. The van der Waals surface area contributed by atoms with Gasteiger partial charge in [-0.1, -0.05) is 0 Å². The van der Waals surface area contributed by atoms with Crippen LogP contribution in [0.1, 0.15) is 38.0 Å². The van der Waals surface area contributed by atoms with Crippen LogP contribution in [0.5, 0.6) is 0 Å². The largest absolute Gasteiger partial charge is 0.469 e. The number of aryl methyl sites for hydroxylation is 2. The molecule has 0 aliphatic heterocycles. The van der Waals surface area contributed by atoms with Crippen molar-refractivity contribution in [3.8, 4) is 11.3 Å². The Morgan fingerprint density at radius 1 is 1.37 bits per heavy atom. The van der Waals surface area contributed by atoms with Gasteiger partial charge in [0, 0.05) is 36.2 Å². The number of imidazole rings is 1. The van der Waals surface area contributed by atoms with Gasteiger partial charge in [0.1, 0.15) is 11.6 Å². The van der Waals surface area contributed by atoms with E-state index in [9.17, 15) is 0 Å². The summed E-state index contributed by atoms with van der Waals surface area (Å²) >= 11 is 0. The van der Waals surface area contributed by atoms with E-state index in [0.29, 0.717) is 0 Å². The third-order valence-electron chi connectivity index (χ3n) is 3.45. The number of aromatic nitrogens is 2. The second kappa shape index (κ2) is 4.53. The molecule has 1 aliphatic rings. The first-order valence-electron chi connectivity index (χ1n) is 6.92. The Kier molecular flexibility index (Phi) is 2.97. The fourth-order valence-electron chi connectivity index (χ4n) is 2.53. The summed E-state index contributed by atoms with van der Waals surface area (Å²) in [4.78, 5) is 8.19. The van der Waals surface area contributed by atoms with Gasteiger partial charge in [-0.05, 0) is 33.3 Å². The molecule has 2 aromatic rings. The second-order valence-corrected chi connectivity index (χ2v) is 6.19. The zero-order valence-corrected chi connectivity index (χ0v) is 11.8. The molecule has 3 rings (SSSR count). The van der Waals surface area contributed by atoms with E-state index in [1.165, 1.54) is 5.69 Å². The molecule has 0 aromatic carbocycles. The Balaban J connectivity index is 1.74. The molecule has 1 aliphatic carbocycles. The first kappa shape index (κ1) is 12.5. The van der Waals surface area contributed by atoms with Crippen molar-refractivity contribution >= 4 is 0 Å².